The molecule has 2 atom stereocenters. The van der Waals surface area contributed by atoms with Crippen molar-refractivity contribution in [2.45, 2.75) is 58.4 Å². The molecule has 0 amide bonds. The molecule has 0 bridgehead atoms. The van der Waals surface area contributed by atoms with E-state index in [1.807, 2.05) is 11.8 Å². The highest BCUT2D eigenvalue weighted by Crippen LogP contribution is 2.30. The van der Waals surface area contributed by atoms with Crippen LogP contribution in [0, 0.1) is 11.8 Å². The molecule has 98 valence electrons. The van der Waals surface area contributed by atoms with Gasteiger partial charge in [-0.25, -0.2) is 0 Å². The molecular formula is C14H26N2S. The Morgan fingerprint density at radius 3 is 2.88 bits per heavy atom. The minimum Gasteiger partial charge on any atom is -0.359 e. The second-order valence-electron chi connectivity index (χ2n) is 6.41. The standard InChI is InChI=1S/C14H26N2S/c1-11-5-4-6-12(9-11)7-8-15-13-16-14(2,3)10-17-13/h11-12H,4-10H2,1-3H3,(H,15,16). The maximum atomic E-state index is 4.71. The maximum absolute atomic E-state index is 4.71. The Labute approximate surface area is 110 Å². The lowest BCUT2D eigenvalue weighted by Gasteiger charge is -2.26. The quantitative estimate of drug-likeness (QED) is 0.831. The normalized spacial score (nSPS) is 34.9. The molecule has 1 saturated carbocycles. The molecule has 0 aromatic carbocycles. The molecule has 2 aliphatic rings. The van der Waals surface area contributed by atoms with Crippen molar-refractivity contribution < 1.29 is 0 Å². The first-order valence-corrected chi connectivity index (χ1v) is 7.99. The summed E-state index contributed by atoms with van der Waals surface area (Å²) in [5.41, 5.74) is 0.239. The van der Waals surface area contributed by atoms with Gasteiger partial charge in [0.05, 0.1) is 0 Å². The van der Waals surface area contributed by atoms with Crippen LogP contribution >= 0.6 is 11.8 Å². The van der Waals surface area contributed by atoms with Crippen molar-refractivity contribution in [3.8, 4) is 0 Å². The molecule has 1 heterocycles. The number of rotatable bonds is 3. The molecule has 2 rings (SSSR count). The first kappa shape index (κ1) is 13.3. The van der Waals surface area contributed by atoms with Gasteiger partial charge in [0.2, 0.25) is 0 Å². The second-order valence-corrected chi connectivity index (χ2v) is 7.37. The van der Waals surface area contributed by atoms with Gasteiger partial charge in [-0.05, 0) is 38.5 Å². The Hall–Kier alpha value is -0.180. The largest absolute Gasteiger partial charge is 0.359 e. The third kappa shape index (κ3) is 4.20. The number of amidine groups is 1. The van der Waals surface area contributed by atoms with E-state index >= 15 is 0 Å². The zero-order chi connectivity index (χ0) is 12.3. The minimum absolute atomic E-state index is 0.239. The fourth-order valence-corrected chi connectivity index (χ4v) is 3.97. The number of hydrogen-bond donors (Lipinski definition) is 1. The Bertz CT molecular complexity index is 286. The summed E-state index contributed by atoms with van der Waals surface area (Å²) in [6, 6.07) is 0. The van der Waals surface area contributed by atoms with Gasteiger partial charge in [-0.3, -0.25) is 4.99 Å². The van der Waals surface area contributed by atoms with Crippen molar-refractivity contribution in [1.29, 1.82) is 0 Å². The molecule has 1 saturated heterocycles. The number of nitrogens with zero attached hydrogens (tertiary/aromatic N) is 1. The summed E-state index contributed by atoms with van der Waals surface area (Å²) in [5, 5.41) is 4.66. The molecule has 2 unspecified atom stereocenters. The fourth-order valence-electron chi connectivity index (χ4n) is 2.87. The van der Waals surface area contributed by atoms with E-state index in [2.05, 4.69) is 26.1 Å². The van der Waals surface area contributed by atoms with E-state index in [1.54, 1.807) is 0 Å². The molecule has 17 heavy (non-hydrogen) atoms. The van der Waals surface area contributed by atoms with E-state index in [9.17, 15) is 0 Å². The van der Waals surface area contributed by atoms with Gasteiger partial charge in [-0.2, -0.15) is 0 Å². The van der Waals surface area contributed by atoms with Crippen molar-refractivity contribution >= 4 is 16.9 Å². The van der Waals surface area contributed by atoms with Crippen LogP contribution in [-0.2, 0) is 0 Å². The molecule has 1 aliphatic heterocycles. The molecule has 0 aromatic heterocycles. The van der Waals surface area contributed by atoms with Crippen LogP contribution in [-0.4, -0.2) is 23.0 Å². The van der Waals surface area contributed by atoms with Crippen LogP contribution in [0.5, 0.6) is 0 Å². The molecule has 3 heteroatoms. The Balaban J connectivity index is 1.70. The summed E-state index contributed by atoms with van der Waals surface area (Å²) >= 11 is 1.88. The summed E-state index contributed by atoms with van der Waals surface area (Å²) in [6.07, 6.45) is 7.02. The van der Waals surface area contributed by atoms with Crippen LogP contribution in [0.25, 0.3) is 0 Å². The van der Waals surface area contributed by atoms with Crippen LogP contribution in [0.4, 0.5) is 0 Å². The summed E-state index contributed by atoms with van der Waals surface area (Å²) in [6.45, 7) is 7.90. The zero-order valence-corrected chi connectivity index (χ0v) is 12.3. The Morgan fingerprint density at radius 2 is 2.24 bits per heavy atom. The van der Waals surface area contributed by atoms with Gasteiger partial charge >= 0.3 is 0 Å². The summed E-state index contributed by atoms with van der Waals surface area (Å²) < 4.78 is 0. The third-order valence-electron chi connectivity index (χ3n) is 3.85. The molecule has 2 fully saturated rings. The van der Waals surface area contributed by atoms with E-state index in [1.165, 1.54) is 37.3 Å². The highest BCUT2D eigenvalue weighted by atomic mass is 32.2. The van der Waals surface area contributed by atoms with Gasteiger partial charge in [0.1, 0.15) is 0 Å². The number of nitrogens with one attached hydrogen (secondary N) is 1. The van der Waals surface area contributed by atoms with Crippen LogP contribution in [0.1, 0.15) is 52.9 Å². The summed E-state index contributed by atoms with van der Waals surface area (Å²) in [7, 11) is 0. The lowest BCUT2D eigenvalue weighted by atomic mass is 9.81. The van der Waals surface area contributed by atoms with Gasteiger partial charge in [-0.1, -0.05) is 37.9 Å². The first-order valence-electron chi connectivity index (χ1n) is 7.00. The first-order chi connectivity index (χ1) is 8.05. The summed E-state index contributed by atoms with van der Waals surface area (Å²) in [4.78, 5) is 4.71. The van der Waals surface area contributed by atoms with Crippen LogP contribution in [0.3, 0.4) is 0 Å². The maximum Gasteiger partial charge on any atom is 0.157 e. The number of aliphatic imine (C=N–C) groups is 1. The van der Waals surface area contributed by atoms with E-state index < -0.39 is 0 Å². The van der Waals surface area contributed by atoms with Gasteiger partial charge in [0.15, 0.2) is 5.17 Å². The highest BCUT2D eigenvalue weighted by Gasteiger charge is 2.27. The predicted molar refractivity (Wildman–Crippen MR) is 77.7 cm³/mol. The van der Waals surface area contributed by atoms with Crippen molar-refractivity contribution in [3.63, 3.8) is 0 Å². The molecule has 1 aliphatic carbocycles. The Kier molecular flexibility index (Phi) is 4.40. The van der Waals surface area contributed by atoms with Crippen molar-refractivity contribution in [2.24, 2.45) is 16.8 Å². The van der Waals surface area contributed by atoms with Gasteiger partial charge in [0, 0.05) is 17.8 Å². The smallest absolute Gasteiger partial charge is 0.157 e. The molecule has 1 N–H and O–H groups in total. The predicted octanol–water partition coefficient (Wildman–Crippen LogP) is 3.67. The average Bonchev–Trinajstić information content (AvgIpc) is 2.58. The number of hydrogen-bond acceptors (Lipinski definition) is 2. The van der Waals surface area contributed by atoms with Crippen LogP contribution in [0.15, 0.2) is 4.99 Å². The van der Waals surface area contributed by atoms with Crippen LogP contribution in [0.2, 0.25) is 0 Å². The topological polar surface area (TPSA) is 24.4 Å². The summed E-state index contributed by atoms with van der Waals surface area (Å²) in [5.74, 6) is 3.02. The zero-order valence-electron chi connectivity index (χ0n) is 11.5. The van der Waals surface area contributed by atoms with E-state index in [0.29, 0.717) is 0 Å². The van der Waals surface area contributed by atoms with E-state index in [-0.39, 0.29) is 5.54 Å². The van der Waals surface area contributed by atoms with Gasteiger partial charge in [0.25, 0.3) is 0 Å². The molecule has 2 nitrogen and oxygen atoms in total. The minimum atomic E-state index is 0.239. The van der Waals surface area contributed by atoms with Gasteiger partial charge < -0.3 is 5.32 Å². The molecular weight excluding hydrogens is 228 g/mol. The van der Waals surface area contributed by atoms with Crippen LogP contribution < -0.4 is 5.32 Å². The van der Waals surface area contributed by atoms with Crippen molar-refractivity contribution in [1.82, 2.24) is 5.32 Å². The number of thioether (sulfide) groups is 1. The molecule has 0 aromatic rings. The molecule has 0 spiro atoms. The van der Waals surface area contributed by atoms with Crippen molar-refractivity contribution in [3.05, 3.63) is 0 Å². The SMILES string of the molecule is CC1CCCC(CCN=C2NC(C)(C)CS2)C1. The third-order valence-corrected chi connectivity index (χ3v) is 5.22. The fraction of sp³-hybridized carbons (Fsp3) is 0.929. The average molecular weight is 254 g/mol. The van der Waals surface area contributed by atoms with Crippen molar-refractivity contribution in [2.75, 3.05) is 12.3 Å². The highest BCUT2D eigenvalue weighted by molar-refractivity contribution is 8.14. The van der Waals surface area contributed by atoms with E-state index in [4.69, 9.17) is 4.99 Å². The molecule has 0 radical (unpaired) electrons. The Morgan fingerprint density at radius 1 is 1.41 bits per heavy atom. The van der Waals surface area contributed by atoms with Gasteiger partial charge in [-0.15, -0.1) is 0 Å². The second kappa shape index (κ2) is 5.64. The van der Waals surface area contributed by atoms with E-state index in [0.717, 1.165) is 24.1 Å². The monoisotopic (exact) mass is 254 g/mol. The lowest BCUT2D eigenvalue weighted by molar-refractivity contribution is 0.273. The lowest BCUT2D eigenvalue weighted by Crippen LogP contribution is -2.36.